The SMILES string of the molecule is CCNC1C(Sc2nnc(SC)s2)CCC1(C)C. The standard InChI is InChI=1S/C12H21N3S3/c1-5-13-9-8(6-7-12(9,2)3)17-11-15-14-10(16-4)18-11/h8-9,13H,5-7H2,1-4H3. The summed E-state index contributed by atoms with van der Waals surface area (Å²) in [5.41, 5.74) is 0.390. The summed E-state index contributed by atoms with van der Waals surface area (Å²) in [5, 5.41) is 12.7. The van der Waals surface area contributed by atoms with E-state index in [0.717, 1.165) is 15.2 Å². The third-order valence-electron chi connectivity index (χ3n) is 3.53. The number of nitrogens with one attached hydrogen (secondary N) is 1. The monoisotopic (exact) mass is 303 g/mol. The molecule has 1 heterocycles. The molecule has 1 aromatic heterocycles. The quantitative estimate of drug-likeness (QED) is 0.843. The molecule has 1 aliphatic rings. The number of nitrogens with zero attached hydrogens (tertiary/aromatic N) is 2. The summed E-state index contributed by atoms with van der Waals surface area (Å²) in [5.74, 6) is 0. The number of aromatic nitrogens is 2. The fraction of sp³-hybridized carbons (Fsp3) is 0.833. The minimum atomic E-state index is 0.390. The highest BCUT2D eigenvalue weighted by Crippen LogP contribution is 2.45. The van der Waals surface area contributed by atoms with E-state index in [1.54, 1.807) is 23.1 Å². The van der Waals surface area contributed by atoms with E-state index in [4.69, 9.17) is 0 Å². The molecule has 1 fully saturated rings. The maximum atomic E-state index is 4.28. The second-order valence-corrected chi connectivity index (χ2v) is 8.77. The first kappa shape index (κ1) is 14.6. The third-order valence-corrected chi connectivity index (χ3v) is 6.85. The van der Waals surface area contributed by atoms with Gasteiger partial charge < -0.3 is 5.32 Å². The number of hydrogen-bond donors (Lipinski definition) is 1. The van der Waals surface area contributed by atoms with Crippen LogP contribution in [0.15, 0.2) is 8.68 Å². The molecular weight excluding hydrogens is 282 g/mol. The summed E-state index contributed by atoms with van der Waals surface area (Å²) in [6.07, 6.45) is 4.61. The highest BCUT2D eigenvalue weighted by atomic mass is 32.2. The van der Waals surface area contributed by atoms with Gasteiger partial charge in [0.15, 0.2) is 8.68 Å². The molecule has 0 spiro atoms. The van der Waals surface area contributed by atoms with Crippen molar-refractivity contribution in [1.82, 2.24) is 15.5 Å². The Balaban J connectivity index is 2.04. The summed E-state index contributed by atoms with van der Waals surface area (Å²) in [6.45, 7) is 7.97. The molecule has 0 aliphatic heterocycles. The highest BCUT2D eigenvalue weighted by molar-refractivity contribution is 8.03. The Bertz CT molecular complexity index is 392. The van der Waals surface area contributed by atoms with E-state index in [-0.39, 0.29) is 0 Å². The van der Waals surface area contributed by atoms with Crippen LogP contribution in [0.25, 0.3) is 0 Å². The van der Waals surface area contributed by atoms with Gasteiger partial charge in [-0.2, -0.15) is 0 Å². The second kappa shape index (κ2) is 6.11. The van der Waals surface area contributed by atoms with E-state index < -0.39 is 0 Å². The van der Waals surface area contributed by atoms with Crippen molar-refractivity contribution in [2.45, 2.75) is 53.6 Å². The van der Waals surface area contributed by atoms with E-state index in [0.29, 0.717) is 16.7 Å². The van der Waals surface area contributed by atoms with Crippen LogP contribution in [0.4, 0.5) is 0 Å². The maximum absolute atomic E-state index is 4.28. The topological polar surface area (TPSA) is 37.8 Å². The predicted molar refractivity (Wildman–Crippen MR) is 81.8 cm³/mol. The normalized spacial score (nSPS) is 26.7. The van der Waals surface area contributed by atoms with Gasteiger partial charge in [-0.05, 0) is 31.1 Å². The first-order valence-corrected chi connectivity index (χ1v) is 9.26. The molecule has 6 heteroatoms. The van der Waals surface area contributed by atoms with Crippen molar-refractivity contribution in [2.75, 3.05) is 12.8 Å². The third kappa shape index (κ3) is 3.21. The molecule has 1 aromatic rings. The molecule has 0 saturated heterocycles. The van der Waals surface area contributed by atoms with Crippen LogP contribution in [0.2, 0.25) is 0 Å². The van der Waals surface area contributed by atoms with Gasteiger partial charge in [-0.1, -0.05) is 55.6 Å². The van der Waals surface area contributed by atoms with Crippen LogP contribution in [0.3, 0.4) is 0 Å². The highest BCUT2D eigenvalue weighted by Gasteiger charge is 2.42. The molecule has 0 amide bonds. The molecule has 2 unspecified atom stereocenters. The van der Waals surface area contributed by atoms with Gasteiger partial charge in [0.1, 0.15) is 0 Å². The van der Waals surface area contributed by atoms with Gasteiger partial charge in [0.25, 0.3) is 0 Å². The van der Waals surface area contributed by atoms with Crippen LogP contribution in [0, 0.1) is 5.41 Å². The molecule has 3 nitrogen and oxygen atoms in total. The molecule has 102 valence electrons. The summed E-state index contributed by atoms with van der Waals surface area (Å²) < 4.78 is 2.18. The first-order chi connectivity index (χ1) is 8.56. The van der Waals surface area contributed by atoms with Crippen LogP contribution in [-0.4, -0.2) is 34.3 Å². The van der Waals surface area contributed by atoms with Crippen LogP contribution in [0.5, 0.6) is 0 Å². The Morgan fingerprint density at radius 2 is 2.11 bits per heavy atom. The van der Waals surface area contributed by atoms with Crippen LogP contribution >= 0.6 is 34.9 Å². The van der Waals surface area contributed by atoms with E-state index in [1.807, 2.05) is 11.8 Å². The van der Waals surface area contributed by atoms with E-state index in [1.165, 1.54) is 12.8 Å². The van der Waals surface area contributed by atoms with Crippen LogP contribution in [0.1, 0.15) is 33.6 Å². The minimum absolute atomic E-state index is 0.390. The first-order valence-electron chi connectivity index (χ1n) is 6.34. The van der Waals surface area contributed by atoms with Gasteiger partial charge in [-0.3, -0.25) is 0 Å². The zero-order valence-electron chi connectivity index (χ0n) is 11.4. The summed E-state index contributed by atoms with van der Waals surface area (Å²) >= 11 is 5.30. The lowest BCUT2D eigenvalue weighted by molar-refractivity contribution is 0.290. The van der Waals surface area contributed by atoms with Gasteiger partial charge >= 0.3 is 0 Å². The summed E-state index contributed by atoms with van der Waals surface area (Å²) in [7, 11) is 0. The zero-order valence-corrected chi connectivity index (χ0v) is 13.8. The average Bonchev–Trinajstić information content (AvgIpc) is 2.89. The number of hydrogen-bond acceptors (Lipinski definition) is 6. The van der Waals surface area contributed by atoms with Crippen molar-refractivity contribution in [3.63, 3.8) is 0 Å². The molecule has 0 radical (unpaired) electrons. The van der Waals surface area contributed by atoms with Crippen molar-refractivity contribution in [1.29, 1.82) is 0 Å². The number of rotatable bonds is 5. The molecule has 1 N–H and O–H groups in total. The van der Waals surface area contributed by atoms with Gasteiger partial charge in [-0.15, -0.1) is 10.2 Å². The lowest BCUT2D eigenvalue weighted by Crippen LogP contribution is -2.43. The maximum Gasteiger partial charge on any atom is 0.175 e. The number of thioether (sulfide) groups is 2. The van der Waals surface area contributed by atoms with Crippen molar-refractivity contribution in [3.05, 3.63) is 0 Å². The van der Waals surface area contributed by atoms with Gasteiger partial charge in [0.05, 0.1) is 0 Å². The molecule has 1 aliphatic carbocycles. The Kier molecular flexibility index (Phi) is 4.97. The van der Waals surface area contributed by atoms with Gasteiger partial charge in [0.2, 0.25) is 0 Å². The molecule has 18 heavy (non-hydrogen) atoms. The van der Waals surface area contributed by atoms with Crippen LogP contribution in [-0.2, 0) is 0 Å². The van der Waals surface area contributed by atoms with Gasteiger partial charge in [-0.25, -0.2) is 0 Å². The van der Waals surface area contributed by atoms with Crippen molar-refractivity contribution >= 4 is 34.9 Å². The zero-order chi connectivity index (χ0) is 13.2. The molecular formula is C12H21N3S3. The van der Waals surface area contributed by atoms with Crippen LogP contribution < -0.4 is 5.32 Å². The Hall–Kier alpha value is 0.220. The molecule has 2 atom stereocenters. The molecule has 0 bridgehead atoms. The average molecular weight is 304 g/mol. The van der Waals surface area contributed by atoms with Crippen molar-refractivity contribution in [3.8, 4) is 0 Å². The van der Waals surface area contributed by atoms with E-state index in [2.05, 4.69) is 42.5 Å². The van der Waals surface area contributed by atoms with Crippen molar-refractivity contribution in [2.24, 2.45) is 5.41 Å². The predicted octanol–water partition coefficient (Wildman–Crippen LogP) is 3.52. The minimum Gasteiger partial charge on any atom is -0.313 e. The Morgan fingerprint density at radius 1 is 1.39 bits per heavy atom. The second-order valence-electron chi connectivity index (χ2n) is 5.26. The lowest BCUT2D eigenvalue weighted by atomic mass is 9.87. The summed E-state index contributed by atoms with van der Waals surface area (Å²) in [6, 6.07) is 0.578. The molecule has 2 rings (SSSR count). The summed E-state index contributed by atoms with van der Waals surface area (Å²) in [4.78, 5) is 0. The Morgan fingerprint density at radius 3 is 2.72 bits per heavy atom. The van der Waals surface area contributed by atoms with E-state index in [9.17, 15) is 0 Å². The largest absolute Gasteiger partial charge is 0.313 e. The van der Waals surface area contributed by atoms with Gasteiger partial charge in [0, 0.05) is 11.3 Å². The van der Waals surface area contributed by atoms with Crippen molar-refractivity contribution < 1.29 is 0 Å². The fourth-order valence-corrected chi connectivity index (χ4v) is 5.70. The van der Waals surface area contributed by atoms with E-state index >= 15 is 0 Å². The lowest BCUT2D eigenvalue weighted by Gasteiger charge is -2.30. The molecule has 0 aromatic carbocycles. The smallest absolute Gasteiger partial charge is 0.175 e. The Labute approximate surface area is 122 Å². The fourth-order valence-electron chi connectivity index (χ4n) is 2.55. The molecule has 1 saturated carbocycles.